The summed E-state index contributed by atoms with van der Waals surface area (Å²) in [5, 5.41) is 0.690. The fraction of sp³-hybridized carbons (Fsp3) is 0.231. The lowest BCUT2D eigenvalue weighted by molar-refractivity contribution is 0.385. The van der Waals surface area contributed by atoms with Gasteiger partial charge in [0, 0.05) is 16.9 Å². The molecular formula is C26H18ClF3. The molecule has 150 valence electrons. The molecule has 1 aliphatic rings. The molecule has 4 rings (SSSR count). The van der Waals surface area contributed by atoms with Crippen molar-refractivity contribution in [3.63, 3.8) is 0 Å². The Bertz CT molecular complexity index is 1200. The van der Waals surface area contributed by atoms with Gasteiger partial charge in [0.05, 0.1) is 5.56 Å². The zero-order valence-corrected chi connectivity index (χ0v) is 16.9. The Morgan fingerprint density at radius 2 is 1.57 bits per heavy atom. The monoisotopic (exact) mass is 422 g/mol. The first-order valence-electron chi connectivity index (χ1n) is 9.81. The fourth-order valence-electron chi connectivity index (χ4n) is 4.02. The molecule has 0 saturated heterocycles. The van der Waals surface area contributed by atoms with Crippen molar-refractivity contribution in [1.29, 1.82) is 0 Å². The standard InChI is InChI=1S/C26H18ClF3/c1-2-16-3-6-18(7-4-16)20-11-12-22-21(15-20)10-9-19(26(22)30)8-5-17-13-23(28)25(27)24(29)14-17/h1,9-16,18H,3-4,6-7H2. The topological polar surface area (TPSA) is 0 Å². The Hall–Kier alpha value is -2.88. The van der Waals surface area contributed by atoms with E-state index in [9.17, 15) is 13.2 Å². The molecule has 0 N–H and O–H groups in total. The molecule has 0 aliphatic heterocycles. The van der Waals surface area contributed by atoms with Crippen LogP contribution < -0.4 is 0 Å². The van der Waals surface area contributed by atoms with E-state index >= 15 is 0 Å². The highest BCUT2D eigenvalue weighted by molar-refractivity contribution is 6.30. The second-order valence-electron chi connectivity index (χ2n) is 7.63. The molecule has 3 aromatic carbocycles. The van der Waals surface area contributed by atoms with Crippen LogP contribution >= 0.6 is 11.6 Å². The van der Waals surface area contributed by atoms with Crippen LogP contribution in [0.1, 0.15) is 48.3 Å². The normalized spacial score (nSPS) is 18.5. The summed E-state index contributed by atoms with van der Waals surface area (Å²) in [4.78, 5) is 0. The molecule has 1 fully saturated rings. The van der Waals surface area contributed by atoms with Crippen LogP contribution in [0, 0.1) is 47.6 Å². The van der Waals surface area contributed by atoms with Gasteiger partial charge in [-0.15, -0.1) is 12.3 Å². The third-order valence-electron chi connectivity index (χ3n) is 5.74. The lowest BCUT2D eigenvalue weighted by Crippen LogP contribution is -2.11. The fourth-order valence-corrected chi connectivity index (χ4v) is 4.13. The van der Waals surface area contributed by atoms with Crippen molar-refractivity contribution in [3.05, 3.63) is 81.6 Å². The zero-order chi connectivity index (χ0) is 21.3. The minimum absolute atomic E-state index is 0.0896. The number of hydrogen-bond acceptors (Lipinski definition) is 0. The van der Waals surface area contributed by atoms with E-state index in [0.717, 1.165) is 43.2 Å². The maximum atomic E-state index is 15.0. The number of terminal acetylenes is 1. The molecular weight excluding hydrogens is 405 g/mol. The van der Waals surface area contributed by atoms with Crippen molar-refractivity contribution < 1.29 is 13.2 Å². The van der Waals surface area contributed by atoms with E-state index < -0.39 is 22.5 Å². The molecule has 0 amide bonds. The van der Waals surface area contributed by atoms with Crippen molar-refractivity contribution >= 4 is 22.4 Å². The molecule has 0 heterocycles. The van der Waals surface area contributed by atoms with Crippen LogP contribution in [0.15, 0.2) is 42.5 Å². The Kier molecular flexibility index (Phi) is 5.76. The van der Waals surface area contributed by atoms with Gasteiger partial charge in [0.15, 0.2) is 0 Å². The van der Waals surface area contributed by atoms with Gasteiger partial charge >= 0.3 is 0 Å². The summed E-state index contributed by atoms with van der Waals surface area (Å²) in [6, 6.07) is 11.2. The van der Waals surface area contributed by atoms with Gasteiger partial charge in [0.1, 0.15) is 22.5 Å². The molecule has 0 atom stereocenters. The van der Waals surface area contributed by atoms with E-state index in [0.29, 0.717) is 17.2 Å². The van der Waals surface area contributed by atoms with Gasteiger partial charge in [0.2, 0.25) is 0 Å². The minimum atomic E-state index is -0.899. The largest absolute Gasteiger partial charge is 0.205 e. The molecule has 30 heavy (non-hydrogen) atoms. The van der Waals surface area contributed by atoms with Crippen molar-refractivity contribution in [3.8, 4) is 24.2 Å². The van der Waals surface area contributed by atoms with E-state index in [-0.39, 0.29) is 11.1 Å². The first-order valence-corrected chi connectivity index (χ1v) is 10.2. The molecule has 3 aromatic rings. The van der Waals surface area contributed by atoms with Crippen LogP contribution in [-0.4, -0.2) is 0 Å². The number of fused-ring (bicyclic) bond motifs is 1. The van der Waals surface area contributed by atoms with Gasteiger partial charge in [-0.1, -0.05) is 47.7 Å². The molecule has 1 saturated carbocycles. The number of rotatable bonds is 1. The van der Waals surface area contributed by atoms with Crippen LogP contribution in [0.3, 0.4) is 0 Å². The third kappa shape index (κ3) is 4.04. The van der Waals surface area contributed by atoms with Crippen molar-refractivity contribution in [2.45, 2.75) is 31.6 Å². The lowest BCUT2D eigenvalue weighted by atomic mass is 9.78. The van der Waals surface area contributed by atoms with Gasteiger partial charge in [-0.2, -0.15) is 0 Å². The predicted molar refractivity (Wildman–Crippen MR) is 115 cm³/mol. The van der Waals surface area contributed by atoms with Crippen LogP contribution in [0.5, 0.6) is 0 Å². The number of hydrogen-bond donors (Lipinski definition) is 0. The molecule has 4 heteroatoms. The van der Waals surface area contributed by atoms with Gasteiger partial charge < -0.3 is 0 Å². The van der Waals surface area contributed by atoms with Crippen LogP contribution in [0.25, 0.3) is 10.8 Å². The van der Waals surface area contributed by atoms with Crippen molar-refractivity contribution in [2.24, 2.45) is 5.92 Å². The number of halogens is 4. The zero-order valence-electron chi connectivity index (χ0n) is 16.1. The van der Waals surface area contributed by atoms with E-state index in [1.165, 1.54) is 5.56 Å². The first kappa shape index (κ1) is 20.4. The summed E-state index contributed by atoms with van der Waals surface area (Å²) >= 11 is 5.47. The maximum Gasteiger partial charge on any atom is 0.146 e. The average molecular weight is 423 g/mol. The van der Waals surface area contributed by atoms with Crippen molar-refractivity contribution in [2.75, 3.05) is 0 Å². The highest BCUT2D eigenvalue weighted by Crippen LogP contribution is 2.37. The second kappa shape index (κ2) is 8.47. The highest BCUT2D eigenvalue weighted by Gasteiger charge is 2.21. The summed E-state index contributed by atoms with van der Waals surface area (Å²) in [7, 11) is 0. The van der Waals surface area contributed by atoms with Crippen molar-refractivity contribution in [1.82, 2.24) is 0 Å². The highest BCUT2D eigenvalue weighted by atomic mass is 35.5. The molecule has 1 aliphatic carbocycles. The second-order valence-corrected chi connectivity index (χ2v) is 8.00. The minimum Gasteiger partial charge on any atom is -0.205 e. The predicted octanol–water partition coefficient (Wildman–Crippen LogP) is 7.22. The molecule has 0 radical (unpaired) electrons. The average Bonchev–Trinajstić information content (AvgIpc) is 2.76. The SMILES string of the molecule is C#CC1CCC(c2ccc3c(F)c(C#Cc4cc(F)c(Cl)c(F)c4)ccc3c2)CC1. The molecule has 0 nitrogen and oxygen atoms in total. The summed E-state index contributed by atoms with van der Waals surface area (Å²) in [5.41, 5.74) is 1.45. The van der Waals surface area contributed by atoms with Crippen LogP contribution in [0.2, 0.25) is 5.02 Å². The first-order chi connectivity index (χ1) is 14.5. The Morgan fingerprint density at radius 1 is 0.867 bits per heavy atom. The van der Waals surface area contributed by atoms with Crippen LogP contribution in [-0.2, 0) is 0 Å². The Labute approximate surface area is 179 Å². The maximum absolute atomic E-state index is 15.0. The number of benzene rings is 3. The van der Waals surface area contributed by atoms with Gasteiger partial charge in [-0.05, 0) is 60.7 Å². The van der Waals surface area contributed by atoms with E-state index in [1.807, 2.05) is 18.2 Å². The quantitative estimate of drug-likeness (QED) is 0.287. The third-order valence-corrected chi connectivity index (χ3v) is 6.10. The van der Waals surface area contributed by atoms with Crippen LogP contribution in [0.4, 0.5) is 13.2 Å². The van der Waals surface area contributed by atoms with E-state index in [2.05, 4.69) is 17.8 Å². The van der Waals surface area contributed by atoms with E-state index in [1.54, 1.807) is 12.1 Å². The van der Waals surface area contributed by atoms with Gasteiger partial charge in [-0.25, -0.2) is 13.2 Å². The van der Waals surface area contributed by atoms with E-state index in [4.69, 9.17) is 18.0 Å². The lowest BCUT2D eigenvalue weighted by Gasteiger charge is -2.26. The molecule has 0 unspecified atom stereocenters. The Morgan fingerprint density at radius 3 is 2.23 bits per heavy atom. The Balaban J connectivity index is 1.62. The molecule has 0 bridgehead atoms. The smallest absolute Gasteiger partial charge is 0.146 e. The summed E-state index contributed by atoms with van der Waals surface area (Å²) in [6.07, 6.45) is 9.66. The van der Waals surface area contributed by atoms with Gasteiger partial charge in [0.25, 0.3) is 0 Å². The molecule has 0 aromatic heterocycles. The summed E-state index contributed by atoms with van der Waals surface area (Å²) in [5.74, 6) is 6.67. The molecule has 0 spiro atoms. The van der Waals surface area contributed by atoms with Gasteiger partial charge in [-0.3, -0.25) is 0 Å². The summed E-state index contributed by atoms with van der Waals surface area (Å²) in [6.45, 7) is 0. The summed E-state index contributed by atoms with van der Waals surface area (Å²) < 4.78 is 42.1.